The number of aromatic nitrogens is 3. The maximum absolute atomic E-state index is 13.0. The van der Waals surface area contributed by atoms with Crippen molar-refractivity contribution in [3.05, 3.63) is 42.1 Å². The van der Waals surface area contributed by atoms with Gasteiger partial charge in [0.25, 0.3) is 0 Å². The Labute approximate surface area is 191 Å². The molecule has 1 aromatic carbocycles. The van der Waals surface area contributed by atoms with Crippen LogP contribution in [0.4, 0.5) is 18.9 Å². The van der Waals surface area contributed by atoms with E-state index in [9.17, 15) is 21.6 Å². The summed E-state index contributed by atoms with van der Waals surface area (Å²) >= 11 is 0. The standard InChI is InChI=1S/C22H28F3N5O2S/c1-5-6-10-29(4)14-16-8-7-9-17(11-16)19-12-20(28-33(31,32)22(23,24)25)18-13-26-30(15(2)3)21(18)27-19/h7-9,11-13,15H,5-6,10,14H2,1-4H3,(H,27,28). The molecule has 0 aliphatic carbocycles. The average Bonchev–Trinajstić information content (AvgIpc) is 3.16. The van der Waals surface area contributed by atoms with Crippen LogP contribution in [0.2, 0.25) is 0 Å². The largest absolute Gasteiger partial charge is 0.516 e. The Morgan fingerprint density at radius 1 is 1.21 bits per heavy atom. The number of pyridine rings is 1. The molecule has 0 aliphatic rings. The summed E-state index contributed by atoms with van der Waals surface area (Å²) in [7, 11) is -3.58. The van der Waals surface area contributed by atoms with E-state index in [0.29, 0.717) is 23.4 Å². The van der Waals surface area contributed by atoms with Gasteiger partial charge in [-0.25, -0.2) is 9.67 Å². The molecule has 0 bridgehead atoms. The van der Waals surface area contributed by atoms with Crippen LogP contribution in [0.25, 0.3) is 22.3 Å². The molecule has 0 fully saturated rings. The van der Waals surface area contributed by atoms with Gasteiger partial charge in [0, 0.05) is 18.2 Å². The summed E-state index contributed by atoms with van der Waals surface area (Å²) in [5.41, 5.74) is -3.33. The van der Waals surface area contributed by atoms with Crippen LogP contribution in [0, 0.1) is 0 Å². The van der Waals surface area contributed by atoms with Crippen LogP contribution in [0.3, 0.4) is 0 Å². The summed E-state index contributed by atoms with van der Waals surface area (Å²) in [6, 6.07) is 8.71. The highest BCUT2D eigenvalue weighted by Gasteiger charge is 2.46. The van der Waals surface area contributed by atoms with Crippen molar-refractivity contribution in [1.82, 2.24) is 19.7 Å². The van der Waals surface area contributed by atoms with E-state index in [1.807, 2.05) is 39.1 Å². The van der Waals surface area contributed by atoms with E-state index in [4.69, 9.17) is 0 Å². The van der Waals surface area contributed by atoms with Gasteiger partial charge in [-0.2, -0.15) is 26.7 Å². The number of rotatable bonds is 9. The second-order valence-electron chi connectivity index (χ2n) is 8.32. The van der Waals surface area contributed by atoms with Gasteiger partial charge in [0.2, 0.25) is 0 Å². The van der Waals surface area contributed by atoms with Gasteiger partial charge in [0.05, 0.1) is 23.0 Å². The highest BCUT2D eigenvalue weighted by Crippen LogP contribution is 2.33. The van der Waals surface area contributed by atoms with Gasteiger partial charge >= 0.3 is 15.5 Å². The zero-order chi connectivity index (χ0) is 24.4. The van der Waals surface area contributed by atoms with Crippen molar-refractivity contribution in [3.8, 4) is 11.3 Å². The lowest BCUT2D eigenvalue weighted by Crippen LogP contribution is -2.30. The van der Waals surface area contributed by atoms with Gasteiger partial charge in [-0.3, -0.25) is 4.72 Å². The van der Waals surface area contributed by atoms with Crippen molar-refractivity contribution in [2.45, 2.75) is 51.7 Å². The van der Waals surface area contributed by atoms with Gasteiger partial charge in [-0.15, -0.1) is 0 Å². The van der Waals surface area contributed by atoms with Crippen LogP contribution in [-0.2, 0) is 16.6 Å². The normalized spacial score (nSPS) is 12.8. The number of unbranched alkanes of at least 4 members (excludes halogenated alkanes) is 1. The number of halogens is 3. The van der Waals surface area contributed by atoms with Crippen LogP contribution in [-0.4, -0.2) is 47.2 Å². The predicted molar refractivity (Wildman–Crippen MR) is 123 cm³/mol. The molecule has 2 heterocycles. The van der Waals surface area contributed by atoms with Crippen LogP contribution >= 0.6 is 0 Å². The second-order valence-corrected chi connectivity index (χ2v) is 9.99. The van der Waals surface area contributed by atoms with E-state index in [2.05, 4.69) is 21.9 Å². The molecule has 11 heteroatoms. The molecular formula is C22H28F3N5O2S. The fourth-order valence-electron chi connectivity index (χ4n) is 3.48. The Balaban J connectivity index is 2.08. The van der Waals surface area contributed by atoms with Crippen molar-refractivity contribution < 1.29 is 21.6 Å². The molecule has 0 aliphatic heterocycles. The third kappa shape index (κ3) is 5.64. The molecule has 33 heavy (non-hydrogen) atoms. The summed E-state index contributed by atoms with van der Waals surface area (Å²) in [6.45, 7) is 7.48. The molecule has 180 valence electrons. The molecule has 0 amide bonds. The summed E-state index contributed by atoms with van der Waals surface area (Å²) in [6.07, 6.45) is 3.49. The minimum atomic E-state index is -5.61. The number of alkyl halides is 3. The number of benzene rings is 1. The monoisotopic (exact) mass is 483 g/mol. The zero-order valence-electron chi connectivity index (χ0n) is 19.0. The number of nitrogens with one attached hydrogen (secondary N) is 1. The smallest absolute Gasteiger partial charge is 0.302 e. The molecule has 0 saturated heterocycles. The Morgan fingerprint density at radius 3 is 2.58 bits per heavy atom. The molecule has 0 unspecified atom stereocenters. The van der Waals surface area contributed by atoms with Crippen LogP contribution in [0.15, 0.2) is 36.5 Å². The quantitative estimate of drug-likeness (QED) is 0.454. The van der Waals surface area contributed by atoms with Crippen molar-refractivity contribution in [1.29, 1.82) is 0 Å². The molecule has 0 radical (unpaired) electrons. The van der Waals surface area contributed by atoms with E-state index in [-0.39, 0.29) is 17.1 Å². The van der Waals surface area contributed by atoms with Crippen LogP contribution in [0.5, 0.6) is 0 Å². The van der Waals surface area contributed by atoms with E-state index >= 15 is 0 Å². The molecule has 3 aromatic rings. The predicted octanol–water partition coefficient (Wildman–Crippen LogP) is 5.17. The minimum absolute atomic E-state index is 0.129. The maximum atomic E-state index is 13.0. The Kier molecular flexibility index (Phi) is 7.32. The number of hydrogen-bond acceptors (Lipinski definition) is 5. The van der Waals surface area contributed by atoms with Gasteiger partial charge in [0.1, 0.15) is 0 Å². The van der Waals surface area contributed by atoms with Gasteiger partial charge in [-0.1, -0.05) is 31.5 Å². The number of hydrogen-bond donors (Lipinski definition) is 1. The van der Waals surface area contributed by atoms with Gasteiger partial charge in [0.15, 0.2) is 5.65 Å². The lowest BCUT2D eigenvalue weighted by atomic mass is 10.1. The fourth-order valence-corrected chi connectivity index (χ4v) is 4.05. The molecule has 0 spiro atoms. The SMILES string of the molecule is CCCCN(C)Cc1cccc(-c2cc(NS(=O)(=O)C(F)(F)F)c3cnn(C(C)C)c3n2)c1. The van der Waals surface area contributed by atoms with E-state index in [0.717, 1.165) is 24.9 Å². The first-order valence-electron chi connectivity index (χ1n) is 10.7. The fraction of sp³-hybridized carbons (Fsp3) is 0.455. The van der Waals surface area contributed by atoms with Crippen molar-refractivity contribution in [2.24, 2.45) is 0 Å². The topological polar surface area (TPSA) is 80.1 Å². The van der Waals surface area contributed by atoms with E-state index < -0.39 is 15.5 Å². The van der Waals surface area contributed by atoms with Crippen LogP contribution in [0.1, 0.15) is 45.2 Å². The van der Waals surface area contributed by atoms with Crippen LogP contribution < -0.4 is 4.72 Å². The Morgan fingerprint density at radius 2 is 1.94 bits per heavy atom. The minimum Gasteiger partial charge on any atom is -0.302 e. The summed E-state index contributed by atoms with van der Waals surface area (Å²) in [5.74, 6) is 0. The molecule has 7 nitrogen and oxygen atoms in total. The Hall–Kier alpha value is -2.66. The summed E-state index contributed by atoms with van der Waals surface area (Å²) in [5, 5.41) is 4.39. The zero-order valence-corrected chi connectivity index (χ0v) is 19.8. The maximum Gasteiger partial charge on any atom is 0.516 e. The highest BCUT2D eigenvalue weighted by molar-refractivity contribution is 7.93. The number of nitrogens with zero attached hydrogens (tertiary/aromatic N) is 4. The summed E-state index contributed by atoms with van der Waals surface area (Å²) in [4.78, 5) is 6.81. The first kappa shape index (κ1) is 25.0. The third-order valence-corrected chi connectivity index (χ3v) is 6.27. The van der Waals surface area contributed by atoms with Gasteiger partial charge in [-0.05, 0) is 51.6 Å². The third-order valence-electron chi connectivity index (χ3n) is 5.17. The molecule has 3 rings (SSSR count). The van der Waals surface area contributed by atoms with Crippen molar-refractivity contribution >= 4 is 26.7 Å². The number of anilines is 1. The van der Waals surface area contributed by atoms with Crippen molar-refractivity contribution in [3.63, 3.8) is 0 Å². The Bertz CT molecular complexity index is 1220. The number of fused-ring (bicyclic) bond motifs is 1. The molecule has 2 aromatic heterocycles. The van der Waals surface area contributed by atoms with Gasteiger partial charge < -0.3 is 4.90 Å². The number of sulfonamides is 1. The molecule has 0 saturated carbocycles. The molecule has 0 atom stereocenters. The molecular weight excluding hydrogens is 455 g/mol. The first-order chi connectivity index (χ1) is 15.4. The molecule has 1 N–H and O–H groups in total. The highest BCUT2D eigenvalue weighted by atomic mass is 32.2. The second kappa shape index (κ2) is 9.68. The van der Waals surface area contributed by atoms with Crippen molar-refractivity contribution in [2.75, 3.05) is 18.3 Å². The lowest BCUT2D eigenvalue weighted by molar-refractivity contribution is -0.0429. The van der Waals surface area contributed by atoms with E-state index in [1.54, 1.807) is 15.5 Å². The average molecular weight is 484 g/mol. The summed E-state index contributed by atoms with van der Waals surface area (Å²) < 4.78 is 66.0. The lowest BCUT2D eigenvalue weighted by Gasteiger charge is -2.17. The van der Waals surface area contributed by atoms with E-state index in [1.165, 1.54) is 12.3 Å². The first-order valence-corrected chi connectivity index (χ1v) is 12.2.